The molecule has 0 bridgehead atoms. The van der Waals surface area contributed by atoms with E-state index >= 15 is 4.39 Å². The Labute approximate surface area is 209 Å². The summed E-state index contributed by atoms with van der Waals surface area (Å²) < 4.78 is 15.9. The van der Waals surface area contributed by atoms with Gasteiger partial charge in [-0.3, -0.25) is 24.8 Å². The summed E-state index contributed by atoms with van der Waals surface area (Å²) in [5.74, 6) is -0.347. The van der Waals surface area contributed by atoms with Gasteiger partial charge in [0.15, 0.2) is 17.3 Å². The first kappa shape index (κ1) is 22.4. The summed E-state index contributed by atoms with van der Waals surface area (Å²) in [7, 11) is 0. The number of hydrogen-bond donors (Lipinski definition) is 3. The van der Waals surface area contributed by atoms with Gasteiger partial charge in [0.05, 0.1) is 34.5 Å². The Morgan fingerprint density at radius 2 is 1.86 bits per heavy atom. The molecule has 10 nitrogen and oxygen atoms in total. The van der Waals surface area contributed by atoms with Crippen molar-refractivity contribution in [3.05, 3.63) is 67.3 Å². The highest BCUT2D eigenvalue weighted by molar-refractivity contribution is 5.97. The Kier molecular flexibility index (Phi) is 5.56. The van der Waals surface area contributed by atoms with E-state index in [4.69, 9.17) is 0 Å². The van der Waals surface area contributed by atoms with E-state index in [1.807, 2.05) is 25.1 Å². The molecule has 6 heterocycles. The normalized spacial score (nSPS) is 11.3. The number of aromatic amines is 2. The van der Waals surface area contributed by atoms with Crippen molar-refractivity contribution in [2.75, 3.05) is 5.32 Å². The maximum Gasteiger partial charge on any atom is 0.224 e. The quantitative estimate of drug-likeness (QED) is 0.300. The molecule has 6 aromatic rings. The van der Waals surface area contributed by atoms with E-state index in [2.05, 4.69) is 45.4 Å². The number of imidazole rings is 1. The molecule has 0 saturated heterocycles. The highest BCUT2D eigenvalue weighted by Gasteiger charge is 2.21. The second-order valence-corrected chi connectivity index (χ2v) is 8.42. The second-order valence-electron chi connectivity index (χ2n) is 8.42. The van der Waals surface area contributed by atoms with Crippen LogP contribution in [0.3, 0.4) is 0 Å². The van der Waals surface area contributed by atoms with Crippen LogP contribution in [0.4, 0.5) is 10.1 Å². The number of fused-ring (bicyclic) bond motifs is 2. The zero-order chi connectivity index (χ0) is 25.4. The molecule has 37 heavy (non-hydrogen) atoms. The molecule has 6 aromatic heterocycles. The average molecular weight is 494 g/mol. The molecule has 0 atom stereocenters. The van der Waals surface area contributed by atoms with E-state index in [0.29, 0.717) is 45.9 Å². The number of hydrogen-bond acceptors (Lipinski definition) is 7. The maximum atomic E-state index is 15.9. The minimum atomic E-state index is -0.581. The van der Waals surface area contributed by atoms with Crippen LogP contribution >= 0.6 is 0 Å². The van der Waals surface area contributed by atoms with Crippen molar-refractivity contribution < 1.29 is 9.18 Å². The first-order chi connectivity index (χ1) is 18.1. The van der Waals surface area contributed by atoms with Crippen LogP contribution in [0.5, 0.6) is 0 Å². The van der Waals surface area contributed by atoms with Crippen molar-refractivity contribution in [3.8, 4) is 33.9 Å². The molecule has 0 fully saturated rings. The number of rotatable bonds is 6. The van der Waals surface area contributed by atoms with Crippen molar-refractivity contribution in [1.82, 2.24) is 40.1 Å². The fraction of sp³-hybridized carbons (Fsp3) is 0.115. The van der Waals surface area contributed by atoms with Gasteiger partial charge in [0.25, 0.3) is 0 Å². The SMILES string of the molecule is CCCC(=O)Nc1cncc(-c2ncc3[nH]nc(-c4nc5nccc(-c6ccncc6)c5[nH]4)c3c2F)c1. The van der Waals surface area contributed by atoms with Crippen LogP contribution < -0.4 is 5.32 Å². The number of anilines is 1. The Morgan fingerprint density at radius 1 is 1.00 bits per heavy atom. The number of pyridine rings is 4. The van der Waals surface area contributed by atoms with E-state index in [0.717, 1.165) is 17.5 Å². The van der Waals surface area contributed by atoms with Crippen LogP contribution in [-0.4, -0.2) is 46.0 Å². The summed E-state index contributed by atoms with van der Waals surface area (Å²) in [4.78, 5) is 36.7. The second kappa shape index (κ2) is 9.19. The Balaban J connectivity index is 1.44. The lowest BCUT2D eigenvalue weighted by Gasteiger charge is -2.07. The molecule has 6 rings (SSSR count). The van der Waals surface area contributed by atoms with Gasteiger partial charge >= 0.3 is 0 Å². The van der Waals surface area contributed by atoms with E-state index in [9.17, 15) is 4.79 Å². The van der Waals surface area contributed by atoms with Gasteiger partial charge in [0, 0.05) is 42.3 Å². The van der Waals surface area contributed by atoms with Crippen molar-refractivity contribution in [3.63, 3.8) is 0 Å². The van der Waals surface area contributed by atoms with Gasteiger partial charge in [-0.05, 0) is 36.2 Å². The monoisotopic (exact) mass is 493 g/mol. The summed E-state index contributed by atoms with van der Waals surface area (Å²) in [6.07, 6.45) is 10.7. The number of halogens is 1. The molecule has 0 radical (unpaired) electrons. The van der Waals surface area contributed by atoms with Crippen LogP contribution in [0.15, 0.2) is 61.4 Å². The van der Waals surface area contributed by atoms with Gasteiger partial charge in [0.1, 0.15) is 11.4 Å². The van der Waals surface area contributed by atoms with E-state index in [1.54, 1.807) is 24.7 Å². The van der Waals surface area contributed by atoms with Crippen LogP contribution in [0.2, 0.25) is 0 Å². The number of H-pyrrole nitrogens is 2. The minimum absolute atomic E-state index is 0.0842. The van der Waals surface area contributed by atoms with E-state index in [1.165, 1.54) is 18.6 Å². The number of aromatic nitrogens is 8. The molecule has 0 saturated carbocycles. The molecule has 0 aliphatic heterocycles. The first-order valence-electron chi connectivity index (χ1n) is 11.7. The average Bonchev–Trinajstić information content (AvgIpc) is 3.54. The topological polar surface area (TPSA) is 138 Å². The standard InChI is InChI=1S/C26H20FN9O/c1-2-3-19(37)32-16-10-15(11-29-12-16)22-21(27)20-18(13-31-22)35-36-24(20)26-33-23-17(6-9-30-25(23)34-26)14-4-7-28-8-5-14/h4-13H,2-3H2,1H3,(H,32,37)(H,35,36)(H,30,33,34). The maximum absolute atomic E-state index is 15.9. The molecule has 3 N–H and O–H groups in total. The Hall–Kier alpha value is -5.06. The van der Waals surface area contributed by atoms with E-state index < -0.39 is 5.82 Å². The van der Waals surface area contributed by atoms with Crippen molar-refractivity contribution in [2.45, 2.75) is 19.8 Å². The van der Waals surface area contributed by atoms with Crippen LogP contribution in [-0.2, 0) is 4.79 Å². The fourth-order valence-corrected chi connectivity index (χ4v) is 4.23. The van der Waals surface area contributed by atoms with Crippen LogP contribution in [0.25, 0.3) is 56.0 Å². The van der Waals surface area contributed by atoms with Crippen molar-refractivity contribution in [1.29, 1.82) is 0 Å². The molecule has 0 aromatic carbocycles. The fourth-order valence-electron chi connectivity index (χ4n) is 4.23. The third-order valence-electron chi connectivity index (χ3n) is 5.92. The largest absolute Gasteiger partial charge is 0.335 e. The van der Waals surface area contributed by atoms with Gasteiger partial charge in [-0.2, -0.15) is 5.10 Å². The summed E-state index contributed by atoms with van der Waals surface area (Å²) in [6.45, 7) is 1.92. The highest BCUT2D eigenvalue weighted by Crippen LogP contribution is 2.34. The van der Waals surface area contributed by atoms with Gasteiger partial charge < -0.3 is 10.3 Å². The van der Waals surface area contributed by atoms with E-state index in [-0.39, 0.29) is 17.0 Å². The Bertz CT molecular complexity index is 1760. The zero-order valence-electron chi connectivity index (χ0n) is 19.7. The molecule has 182 valence electrons. The highest BCUT2D eigenvalue weighted by atomic mass is 19.1. The Morgan fingerprint density at radius 3 is 2.70 bits per heavy atom. The van der Waals surface area contributed by atoms with Gasteiger partial charge in [-0.25, -0.2) is 14.4 Å². The number of carbonyl (C=O) groups is 1. The lowest BCUT2D eigenvalue weighted by Crippen LogP contribution is -2.10. The van der Waals surface area contributed by atoms with Crippen LogP contribution in [0, 0.1) is 5.82 Å². The van der Waals surface area contributed by atoms with Gasteiger partial charge in [-0.15, -0.1) is 0 Å². The van der Waals surface area contributed by atoms with Crippen molar-refractivity contribution >= 4 is 33.7 Å². The third kappa shape index (κ3) is 4.05. The van der Waals surface area contributed by atoms with Gasteiger partial charge in [0.2, 0.25) is 5.91 Å². The smallest absolute Gasteiger partial charge is 0.224 e. The first-order valence-corrected chi connectivity index (χ1v) is 11.7. The minimum Gasteiger partial charge on any atom is -0.335 e. The summed E-state index contributed by atoms with van der Waals surface area (Å²) in [5.41, 5.74) is 4.71. The predicted octanol–water partition coefficient (Wildman–Crippen LogP) is 4.90. The van der Waals surface area contributed by atoms with Gasteiger partial charge in [-0.1, -0.05) is 6.92 Å². The van der Waals surface area contributed by atoms with Crippen LogP contribution in [0.1, 0.15) is 19.8 Å². The molecular weight excluding hydrogens is 473 g/mol. The number of nitrogens with one attached hydrogen (secondary N) is 3. The number of amides is 1. The molecule has 0 spiro atoms. The lowest BCUT2D eigenvalue weighted by molar-refractivity contribution is -0.116. The molecular formula is C26H20FN9O. The predicted molar refractivity (Wildman–Crippen MR) is 137 cm³/mol. The molecule has 1 amide bonds. The lowest BCUT2D eigenvalue weighted by atomic mass is 10.1. The zero-order valence-corrected chi connectivity index (χ0v) is 19.7. The number of nitrogens with zero attached hydrogens (tertiary/aromatic N) is 6. The molecule has 0 unspecified atom stereocenters. The molecule has 0 aliphatic carbocycles. The summed E-state index contributed by atoms with van der Waals surface area (Å²) in [5, 5.41) is 10.2. The number of carbonyl (C=O) groups excluding carboxylic acids is 1. The molecule has 11 heteroatoms. The van der Waals surface area contributed by atoms with Crippen molar-refractivity contribution in [2.24, 2.45) is 0 Å². The molecule has 0 aliphatic rings. The third-order valence-corrected chi connectivity index (χ3v) is 5.92. The summed E-state index contributed by atoms with van der Waals surface area (Å²) in [6, 6.07) is 7.31. The summed E-state index contributed by atoms with van der Waals surface area (Å²) >= 11 is 0.